The number of benzene rings is 2. The molecule has 0 aliphatic heterocycles. The van der Waals surface area contributed by atoms with Gasteiger partial charge in [-0.2, -0.15) is 8.78 Å². The van der Waals surface area contributed by atoms with Crippen LogP contribution in [0.2, 0.25) is 0 Å². The van der Waals surface area contributed by atoms with E-state index in [0.717, 1.165) is 18.2 Å². The first-order valence-electron chi connectivity index (χ1n) is 7.00. The number of anilines is 1. The van der Waals surface area contributed by atoms with E-state index < -0.39 is 24.3 Å². The Kier molecular flexibility index (Phi) is 6.04. The van der Waals surface area contributed by atoms with E-state index in [1.54, 1.807) is 0 Å². The zero-order valence-electron chi connectivity index (χ0n) is 13.0. The second kappa shape index (κ2) is 8.22. The van der Waals surface area contributed by atoms with Crippen molar-refractivity contribution in [3.63, 3.8) is 0 Å². The van der Waals surface area contributed by atoms with Crippen molar-refractivity contribution in [3.05, 3.63) is 53.6 Å². The molecule has 0 fully saturated rings. The fourth-order valence-electron chi connectivity index (χ4n) is 2.01. The molecule has 2 aromatic rings. The van der Waals surface area contributed by atoms with Crippen molar-refractivity contribution in [3.8, 4) is 11.5 Å². The Labute approximate surface area is 140 Å². The van der Waals surface area contributed by atoms with Gasteiger partial charge in [0.25, 0.3) is 0 Å². The number of carbonyl (C=O) groups is 1. The van der Waals surface area contributed by atoms with Crippen molar-refractivity contribution < 1.29 is 31.8 Å². The molecule has 0 aliphatic rings. The van der Waals surface area contributed by atoms with Crippen LogP contribution in [0.5, 0.6) is 11.5 Å². The zero-order chi connectivity index (χ0) is 18.4. The van der Waals surface area contributed by atoms with Gasteiger partial charge in [-0.05, 0) is 29.8 Å². The molecule has 2 N–H and O–H groups in total. The van der Waals surface area contributed by atoms with Gasteiger partial charge in [-0.15, -0.1) is 0 Å². The number of ether oxygens (including phenoxy) is 2. The van der Waals surface area contributed by atoms with E-state index in [0.29, 0.717) is 6.07 Å². The Bertz CT molecular complexity index is 736. The average molecular weight is 358 g/mol. The fraction of sp³-hybridized carbons (Fsp3) is 0.188. The van der Waals surface area contributed by atoms with E-state index in [4.69, 9.17) is 4.74 Å². The summed E-state index contributed by atoms with van der Waals surface area (Å²) in [5.74, 6) is -1.70. The van der Waals surface area contributed by atoms with Crippen LogP contribution >= 0.6 is 0 Å². The van der Waals surface area contributed by atoms with E-state index >= 15 is 0 Å². The number of alkyl halides is 2. The number of methoxy groups -OCH3 is 1. The molecule has 0 saturated heterocycles. The molecular weight excluding hydrogens is 344 g/mol. The van der Waals surface area contributed by atoms with Gasteiger partial charge in [0.05, 0.1) is 7.11 Å². The van der Waals surface area contributed by atoms with Crippen LogP contribution in [0.4, 0.5) is 28.0 Å². The number of hydrogen-bond donors (Lipinski definition) is 2. The lowest BCUT2D eigenvalue weighted by atomic mass is 10.2. The van der Waals surface area contributed by atoms with Gasteiger partial charge < -0.3 is 20.1 Å². The number of nitrogens with one attached hydrogen (secondary N) is 2. The zero-order valence-corrected chi connectivity index (χ0v) is 13.0. The predicted molar refractivity (Wildman–Crippen MR) is 81.8 cm³/mol. The van der Waals surface area contributed by atoms with Crippen molar-refractivity contribution in [1.82, 2.24) is 5.32 Å². The molecule has 25 heavy (non-hydrogen) atoms. The normalized spacial score (nSPS) is 10.5. The first-order chi connectivity index (χ1) is 11.9. The average Bonchev–Trinajstić information content (AvgIpc) is 2.52. The minimum atomic E-state index is -3.05. The lowest BCUT2D eigenvalue weighted by Crippen LogP contribution is -2.28. The van der Waals surface area contributed by atoms with Gasteiger partial charge in [0, 0.05) is 24.4 Å². The van der Waals surface area contributed by atoms with Crippen LogP contribution in [0.15, 0.2) is 36.4 Å². The van der Waals surface area contributed by atoms with Gasteiger partial charge in [0.1, 0.15) is 11.6 Å². The molecule has 9 heteroatoms. The Hall–Kier alpha value is -2.97. The topological polar surface area (TPSA) is 59.6 Å². The van der Waals surface area contributed by atoms with Crippen molar-refractivity contribution in [2.45, 2.75) is 13.2 Å². The maximum atomic E-state index is 13.1. The molecule has 0 saturated carbocycles. The van der Waals surface area contributed by atoms with Gasteiger partial charge in [0.15, 0.2) is 11.5 Å². The van der Waals surface area contributed by atoms with Crippen molar-refractivity contribution in [1.29, 1.82) is 0 Å². The van der Waals surface area contributed by atoms with Crippen molar-refractivity contribution in [2.75, 3.05) is 12.4 Å². The van der Waals surface area contributed by atoms with E-state index in [1.807, 2.05) is 0 Å². The van der Waals surface area contributed by atoms with Crippen LogP contribution in [0.3, 0.4) is 0 Å². The molecule has 0 heterocycles. The van der Waals surface area contributed by atoms with Crippen LogP contribution in [0, 0.1) is 11.6 Å². The lowest BCUT2D eigenvalue weighted by Gasteiger charge is -2.12. The standard InChI is InChI=1S/C16H14F4N2O3/c1-24-13-3-2-12(7-14(13)25-15(19)20)22-16(23)21-8-9-4-10(17)6-11(18)5-9/h2-7,15H,8H2,1H3,(H2,21,22,23). The summed E-state index contributed by atoms with van der Waals surface area (Å²) in [6.45, 7) is -3.18. The third kappa shape index (κ3) is 5.55. The van der Waals surface area contributed by atoms with Gasteiger partial charge in [-0.3, -0.25) is 0 Å². The molecule has 2 aromatic carbocycles. The summed E-state index contributed by atoms with van der Waals surface area (Å²) in [6.07, 6.45) is 0. The molecule has 0 atom stereocenters. The molecule has 0 aliphatic carbocycles. The molecule has 134 valence electrons. The molecule has 5 nitrogen and oxygen atoms in total. The summed E-state index contributed by atoms with van der Waals surface area (Å²) >= 11 is 0. The number of halogens is 4. The minimum Gasteiger partial charge on any atom is -0.493 e. The summed E-state index contributed by atoms with van der Waals surface area (Å²) in [5, 5.41) is 4.78. The number of amides is 2. The van der Waals surface area contributed by atoms with Crippen LogP contribution in [0.1, 0.15) is 5.56 Å². The number of hydrogen-bond acceptors (Lipinski definition) is 3. The molecule has 0 spiro atoms. The highest BCUT2D eigenvalue weighted by Crippen LogP contribution is 2.31. The molecule has 2 rings (SSSR count). The highest BCUT2D eigenvalue weighted by molar-refractivity contribution is 5.89. The number of rotatable bonds is 6. The molecule has 0 radical (unpaired) electrons. The van der Waals surface area contributed by atoms with Crippen molar-refractivity contribution >= 4 is 11.7 Å². The Morgan fingerprint density at radius 1 is 1.08 bits per heavy atom. The predicted octanol–water partition coefficient (Wildman–Crippen LogP) is 3.90. The maximum absolute atomic E-state index is 13.1. The Balaban J connectivity index is 2.00. The lowest BCUT2D eigenvalue weighted by molar-refractivity contribution is -0.0511. The molecule has 0 bridgehead atoms. The molecular formula is C16H14F4N2O3. The summed E-state index contributed by atoms with van der Waals surface area (Å²) < 4.78 is 60.0. The van der Waals surface area contributed by atoms with Crippen LogP contribution in [-0.4, -0.2) is 19.8 Å². The third-order valence-electron chi connectivity index (χ3n) is 3.01. The molecule has 0 unspecified atom stereocenters. The quantitative estimate of drug-likeness (QED) is 0.770. The SMILES string of the molecule is COc1ccc(NC(=O)NCc2cc(F)cc(F)c2)cc1OC(F)F. The number of carbonyl (C=O) groups excluding carboxylic acids is 1. The largest absolute Gasteiger partial charge is 0.493 e. The highest BCUT2D eigenvalue weighted by Gasteiger charge is 2.12. The van der Waals surface area contributed by atoms with Gasteiger partial charge in [-0.25, -0.2) is 13.6 Å². The minimum absolute atomic E-state index is 0.0708. The van der Waals surface area contributed by atoms with Crippen LogP contribution in [0.25, 0.3) is 0 Å². The summed E-state index contributed by atoms with van der Waals surface area (Å²) in [5.41, 5.74) is 0.392. The van der Waals surface area contributed by atoms with Crippen molar-refractivity contribution in [2.24, 2.45) is 0 Å². The first-order valence-corrected chi connectivity index (χ1v) is 7.00. The summed E-state index contributed by atoms with van der Waals surface area (Å²) in [7, 11) is 1.28. The van der Waals surface area contributed by atoms with E-state index in [1.165, 1.54) is 19.2 Å². The number of urea groups is 1. The maximum Gasteiger partial charge on any atom is 0.387 e. The Morgan fingerprint density at radius 2 is 1.76 bits per heavy atom. The second-order valence-electron chi connectivity index (χ2n) is 4.83. The second-order valence-corrected chi connectivity index (χ2v) is 4.83. The van der Waals surface area contributed by atoms with Gasteiger partial charge in [0.2, 0.25) is 0 Å². The van der Waals surface area contributed by atoms with Gasteiger partial charge >= 0.3 is 12.6 Å². The van der Waals surface area contributed by atoms with Gasteiger partial charge in [-0.1, -0.05) is 0 Å². The fourth-order valence-corrected chi connectivity index (χ4v) is 2.01. The molecule has 0 aromatic heterocycles. The highest BCUT2D eigenvalue weighted by atomic mass is 19.3. The van der Waals surface area contributed by atoms with Crippen LogP contribution in [-0.2, 0) is 6.54 Å². The van der Waals surface area contributed by atoms with E-state index in [9.17, 15) is 22.4 Å². The Morgan fingerprint density at radius 3 is 2.36 bits per heavy atom. The first kappa shape index (κ1) is 18.4. The summed E-state index contributed by atoms with van der Waals surface area (Å²) in [4.78, 5) is 11.8. The monoisotopic (exact) mass is 358 g/mol. The summed E-state index contributed by atoms with van der Waals surface area (Å²) in [6, 6.07) is 6.08. The van der Waals surface area contributed by atoms with E-state index in [2.05, 4.69) is 15.4 Å². The smallest absolute Gasteiger partial charge is 0.387 e. The van der Waals surface area contributed by atoms with E-state index in [-0.39, 0.29) is 29.3 Å². The van der Waals surface area contributed by atoms with Crippen LogP contribution < -0.4 is 20.1 Å². The molecule has 2 amide bonds. The third-order valence-corrected chi connectivity index (χ3v) is 3.01.